The summed E-state index contributed by atoms with van der Waals surface area (Å²) in [5.41, 5.74) is -1.00. The fraction of sp³-hybridized carbons (Fsp3) is 0.188. The SMILES string of the molecule is Cn1ccnc1S(=O)(=O)n1cc(CCNC(=O)O)c(F)c1-c1cccnc1F. The van der Waals surface area contributed by atoms with Crippen molar-refractivity contribution in [2.24, 2.45) is 7.05 Å². The number of aromatic nitrogens is 4. The highest BCUT2D eigenvalue weighted by Crippen LogP contribution is 2.31. The molecule has 3 aromatic heterocycles. The number of halogens is 2. The Morgan fingerprint density at radius 3 is 2.64 bits per heavy atom. The van der Waals surface area contributed by atoms with Crippen molar-refractivity contribution < 1.29 is 27.1 Å². The summed E-state index contributed by atoms with van der Waals surface area (Å²) in [5, 5.41) is 10.3. The van der Waals surface area contributed by atoms with Crippen molar-refractivity contribution in [3.63, 3.8) is 0 Å². The molecule has 1 amide bonds. The van der Waals surface area contributed by atoms with E-state index in [0.717, 1.165) is 12.4 Å². The summed E-state index contributed by atoms with van der Waals surface area (Å²) in [6, 6.07) is 2.54. The van der Waals surface area contributed by atoms with Crippen LogP contribution in [0.3, 0.4) is 0 Å². The van der Waals surface area contributed by atoms with Crippen LogP contribution in [0.5, 0.6) is 0 Å². The van der Waals surface area contributed by atoms with Gasteiger partial charge in [0.05, 0.1) is 5.56 Å². The number of imidazole rings is 1. The third kappa shape index (κ3) is 3.45. The number of aryl methyl sites for hydroxylation is 1. The first-order valence-electron chi connectivity index (χ1n) is 7.93. The molecule has 0 spiro atoms. The van der Waals surface area contributed by atoms with E-state index in [9.17, 15) is 17.6 Å². The summed E-state index contributed by atoms with van der Waals surface area (Å²) < 4.78 is 57.2. The minimum absolute atomic E-state index is 0.107. The van der Waals surface area contributed by atoms with Gasteiger partial charge in [0.15, 0.2) is 5.82 Å². The molecule has 0 aliphatic heterocycles. The molecule has 2 N–H and O–H groups in total. The predicted octanol–water partition coefficient (Wildman–Crippen LogP) is 1.61. The molecular formula is C16H15F2N5O4S. The topological polar surface area (TPSA) is 119 Å². The molecule has 0 radical (unpaired) electrons. The van der Waals surface area contributed by atoms with Crippen molar-refractivity contribution in [3.05, 3.63) is 54.2 Å². The Morgan fingerprint density at radius 2 is 2.04 bits per heavy atom. The van der Waals surface area contributed by atoms with Crippen LogP contribution in [0.15, 0.2) is 42.1 Å². The van der Waals surface area contributed by atoms with E-state index in [-0.39, 0.29) is 29.2 Å². The molecule has 0 atom stereocenters. The zero-order chi connectivity index (χ0) is 20.5. The zero-order valence-electron chi connectivity index (χ0n) is 14.5. The van der Waals surface area contributed by atoms with Gasteiger partial charge in [-0.15, -0.1) is 0 Å². The average Bonchev–Trinajstić information content (AvgIpc) is 3.20. The van der Waals surface area contributed by atoms with Crippen LogP contribution < -0.4 is 5.32 Å². The summed E-state index contributed by atoms with van der Waals surface area (Å²) in [4.78, 5) is 17.8. The minimum Gasteiger partial charge on any atom is -0.465 e. The second kappa shape index (κ2) is 7.38. The number of nitrogens with zero attached hydrogens (tertiary/aromatic N) is 4. The van der Waals surface area contributed by atoms with Crippen LogP contribution in [0.1, 0.15) is 5.56 Å². The van der Waals surface area contributed by atoms with Crippen LogP contribution in [0.2, 0.25) is 0 Å². The van der Waals surface area contributed by atoms with Gasteiger partial charge >= 0.3 is 16.1 Å². The number of carbonyl (C=O) groups is 1. The number of hydrogen-bond acceptors (Lipinski definition) is 5. The van der Waals surface area contributed by atoms with E-state index in [2.05, 4.69) is 15.3 Å². The molecule has 0 saturated carbocycles. The maximum atomic E-state index is 15.1. The lowest BCUT2D eigenvalue weighted by molar-refractivity contribution is 0.194. The van der Waals surface area contributed by atoms with Crippen molar-refractivity contribution in [1.29, 1.82) is 0 Å². The number of nitrogens with one attached hydrogen (secondary N) is 1. The van der Waals surface area contributed by atoms with E-state index >= 15 is 4.39 Å². The average molecular weight is 411 g/mol. The predicted molar refractivity (Wildman–Crippen MR) is 93.1 cm³/mol. The Kier molecular flexibility index (Phi) is 5.14. The third-order valence-electron chi connectivity index (χ3n) is 3.93. The Labute approximate surface area is 158 Å². The molecule has 28 heavy (non-hydrogen) atoms. The van der Waals surface area contributed by atoms with Gasteiger partial charge in [-0.3, -0.25) is 0 Å². The van der Waals surface area contributed by atoms with Gasteiger partial charge in [0, 0.05) is 43.9 Å². The van der Waals surface area contributed by atoms with Gasteiger partial charge in [0.2, 0.25) is 11.1 Å². The Bertz CT molecular complexity index is 1140. The van der Waals surface area contributed by atoms with Crippen molar-refractivity contribution in [3.8, 4) is 11.3 Å². The molecule has 0 aromatic carbocycles. The van der Waals surface area contributed by atoms with Crippen LogP contribution in [0, 0.1) is 11.8 Å². The number of rotatable bonds is 6. The van der Waals surface area contributed by atoms with Crippen LogP contribution >= 0.6 is 0 Å². The van der Waals surface area contributed by atoms with E-state index in [1.807, 2.05) is 0 Å². The van der Waals surface area contributed by atoms with Gasteiger partial charge in [-0.2, -0.15) is 12.8 Å². The first-order chi connectivity index (χ1) is 13.2. The van der Waals surface area contributed by atoms with Gasteiger partial charge in [0.25, 0.3) is 0 Å². The molecule has 3 heterocycles. The molecule has 0 saturated heterocycles. The number of amides is 1. The van der Waals surface area contributed by atoms with Gasteiger partial charge in [-0.25, -0.2) is 23.1 Å². The molecule has 0 fully saturated rings. The van der Waals surface area contributed by atoms with E-state index in [4.69, 9.17) is 5.11 Å². The normalized spacial score (nSPS) is 11.5. The van der Waals surface area contributed by atoms with Crippen LogP contribution in [0.25, 0.3) is 11.3 Å². The molecule has 3 aromatic rings. The monoisotopic (exact) mass is 411 g/mol. The number of pyridine rings is 1. The van der Waals surface area contributed by atoms with E-state index in [1.54, 1.807) is 0 Å². The second-order valence-electron chi connectivity index (χ2n) is 5.76. The maximum absolute atomic E-state index is 15.1. The Morgan fingerprint density at radius 1 is 1.29 bits per heavy atom. The van der Waals surface area contributed by atoms with E-state index in [1.165, 1.54) is 36.1 Å². The number of hydrogen-bond donors (Lipinski definition) is 2. The smallest absolute Gasteiger partial charge is 0.404 e. The molecule has 0 aliphatic rings. The molecule has 3 rings (SSSR count). The highest BCUT2D eigenvalue weighted by Gasteiger charge is 2.30. The summed E-state index contributed by atoms with van der Waals surface area (Å²) in [5.74, 6) is -2.04. The third-order valence-corrected chi connectivity index (χ3v) is 5.60. The molecule has 12 heteroatoms. The Balaban J connectivity index is 2.19. The maximum Gasteiger partial charge on any atom is 0.404 e. The molecule has 0 bridgehead atoms. The van der Waals surface area contributed by atoms with Crippen LogP contribution in [-0.2, 0) is 23.5 Å². The molecule has 0 unspecified atom stereocenters. The minimum atomic E-state index is -4.37. The van der Waals surface area contributed by atoms with Crippen molar-refractivity contribution in [1.82, 2.24) is 23.8 Å². The molecule has 148 valence electrons. The first kappa shape index (κ1) is 19.5. The fourth-order valence-corrected chi connectivity index (χ4v) is 4.15. The molecule has 0 aliphatic carbocycles. The van der Waals surface area contributed by atoms with Crippen LogP contribution in [-0.4, -0.2) is 44.7 Å². The lowest BCUT2D eigenvalue weighted by Crippen LogP contribution is -2.23. The van der Waals surface area contributed by atoms with Gasteiger partial charge < -0.3 is 15.0 Å². The van der Waals surface area contributed by atoms with E-state index < -0.39 is 33.6 Å². The largest absolute Gasteiger partial charge is 0.465 e. The highest BCUT2D eigenvalue weighted by molar-refractivity contribution is 7.89. The summed E-state index contributed by atoms with van der Waals surface area (Å²) >= 11 is 0. The van der Waals surface area contributed by atoms with Crippen molar-refractivity contribution in [2.75, 3.05) is 6.54 Å². The van der Waals surface area contributed by atoms with Gasteiger partial charge in [0.1, 0.15) is 5.69 Å². The first-order valence-corrected chi connectivity index (χ1v) is 9.37. The Hall–Kier alpha value is -3.28. The summed E-state index contributed by atoms with van der Waals surface area (Å²) in [6.07, 6.45) is 3.35. The molecular weight excluding hydrogens is 396 g/mol. The standard InChI is InChI=1S/C16H15F2N5O4S/c1-22-8-7-20-15(22)28(26,27)23-9-10(4-6-21-16(24)25)12(17)13(23)11-3-2-5-19-14(11)18/h2-3,5,7-9,21H,4,6H2,1H3,(H,24,25). The zero-order valence-corrected chi connectivity index (χ0v) is 15.3. The highest BCUT2D eigenvalue weighted by atomic mass is 32.2. The lowest BCUT2D eigenvalue weighted by atomic mass is 10.1. The fourth-order valence-electron chi connectivity index (χ4n) is 2.67. The lowest BCUT2D eigenvalue weighted by Gasteiger charge is -2.10. The second-order valence-corrected chi connectivity index (χ2v) is 7.47. The van der Waals surface area contributed by atoms with Crippen molar-refractivity contribution in [2.45, 2.75) is 11.6 Å². The van der Waals surface area contributed by atoms with Gasteiger partial charge in [-0.1, -0.05) is 0 Å². The summed E-state index contributed by atoms with van der Waals surface area (Å²) in [7, 11) is -2.92. The van der Waals surface area contributed by atoms with Crippen molar-refractivity contribution >= 4 is 16.1 Å². The summed E-state index contributed by atoms with van der Waals surface area (Å²) in [6.45, 7) is -0.159. The quantitative estimate of drug-likeness (QED) is 0.595. The van der Waals surface area contributed by atoms with Gasteiger partial charge in [-0.05, 0) is 18.6 Å². The van der Waals surface area contributed by atoms with E-state index in [0.29, 0.717) is 3.97 Å². The van der Waals surface area contributed by atoms with Crippen LogP contribution in [0.4, 0.5) is 13.6 Å². The number of carboxylic acid groups (broad SMARTS) is 1. The molecule has 9 nitrogen and oxygen atoms in total.